The molecule has 2 aliphatic heterocycles. The van der Waals surface area contributed by atoms with Crippen molar-refractivity contribution in [2.24, 2.45) is 5.92 Å². The molecule has 4 heterocycles. The molecule has 0 spiro atoms. The second-order valence-corrected chi connectivity index (χ2v) is 13.1. The summed E-state index contributed by atoms with van der Waals surface area (Å²) in [5, 5.41) is 1.60. The van der Waals surface area contributed by atoms with Gasteiger partial charge in [-0.15, -0.1) is 11.3 Å². The van der Waals surface area contributed by atoms with E-state index in [-0.39, 0.29) is 5.82 Å². The van der Waals surface area contributed by atoms with Crippen molar-refractivity contribution < 1.29 is 18.4 Å². The van der Waals surface area contributed by atoms with Gasteiger partial charge in [-0.1, -0.05) is 11.6 Å². The zero-order chi connectivity index (χ0) is 25.7. The number of nitrogens with zero attached hydrogens (tertiary/aromatic N) is 1. The molecule has 2 aromatic heterocycles. The van der Waals surface area contributed by atoms with E-state index in [9.17, 15) is 0 Å². The molecule has 190 valence electrons. The first-order valence-electron chi connectivity index (χ1n) is 12.8. The van der Waals surface area contributed by atoms with Crippen molar-refractivity contribution in [2.45, 2.75) is 64.4 Å². The topological polar surface area (TPSA) is 32.6 Å². The van der Waals surface area contributed by atoms with Crippen LogP contribution in [0.2, 0.25) is 5.02 Å². The van der Waals surface area contributed by atoms with Crippen LogP contribution in [0.1, 0.15) is 56.5 Å². The Morgan fingerprint density at radius 3 is 2.51 bits per heavy atom. The molecule has 0 bridgehead atoms. The molecule has 37 heavy (non-hydrogen) atoms. The van der Waals surface area contributed by atoms with Gasteiger partial charge in [0.1, 0.15) is 11.6 Å². The fourth-order valence-electron chi connectivity index (χ4n) is 5.31. The molecule has 1 aliphatic carbocycles. The van der Waals surface area contributed by atoms with E-state index in [0.717, 1.165) is 33.8 Å². The van der Waals surface area contributed by atoms with Gasteiger partial charge < -0.3 is 14.0 Å². The number of fused-ring (bicyclic) bond motifs is 5. The minimum Gasteiger partial charge on any atom is -0.464 e. The van der Waals surface area contributed by atoms with Gasteiger partial charge in [0.25, 0.3) is 0 Å². The fourth-order valence-corrected chi connectivity index (χ4v) is 6.64. The summed E-state index contributed by atoms with van der Waals surface area (Å²) in [5.41, 5.74) is 1.75. The maximum Gasteiger partial charge on any atom is 0.495 e. The summed E-state index contributed by atoms with van der Waals surface area (Å²) in [6.07, 6.45) is 3.33. The Bertz CT molecular complexity index is 1540. The normalized spacial score (nSPS) is 21.7. The third kappa shape index (κ3) is 3.85. The number of thiophene rings is 1. The van der Waals surface area contributed by atoms with Gasteiger partial charge in [-0.05, 0) is 107 Å². The summed E-state index contributed by atoms with van der Waals surface area (Å²) in [7, 11) is -0.676. The first-order chi connectivity index (χ1) is 17.6. The van der Waals surface area contributed by atoms with Crippen LogP contribution in [0.15, 0.2) is 48.5 Å². The quantitative estimate of drug-likeness (QED) is 0.256. The highest BCUT2D eigenvalue weighted by Crippen LogP contribution is 2.47. The van der Waals surface area contributed by atoms with E-state index >= 15 is 4.39 Å². The largest absolute Gasteiger partial charge is 0.495 e. The van der Waals surface area contributed by atoms with E-state index in [1.807, 2.05) is 58.0 Å². The maximum atomic E-state index is 15.9. The van der Waals surface area contributed by atoms with Crippen LogP contribution >= 0.6 is 22.9 Å². The van der Waals surface area contributed by atoms with E-state index in [0.29, 0.717) is 21.8 Å². The van der Waals surface area contributed by atoms with Gasteiger partial charge in [-0.3, -0.25) is 4.57 Å². The molecule has 8 heteroatoms. The van der Waals surface area contributed by atoms with Crippen LogP contribution in [0.25, 0.3) is 22.2 Å². The number of ether oxygens (including phenoxy) is 1. The van der Waals surface area contributed by atoms with Crippen molar-refractivity contribution in [1.29, 1.82) is 0 Å². The summed E-state index contributed by atoms with van der Waals surface area (Å²) < 4.78 is 37.1. The van der Waals surface area contributed by atoms with Gasteiger partial charge >= 0.3 is 7.12 Å². The zero-order valence-electron chi connectivity index (χ0n) is 21.3. The lowest BCUT2D eigenvalue weighted by atomic mass is 9.78. The van der Waals surface area contributed by atoms with Crippen LogP contribution in [0.3, 0.4) is 0 Å². The lowest BCUT2D eigenvalue weighted by Gasteiger charge is -2.32. The van der Waals surface area contributed by atoms with Gasteiger partial charge in [-0.2, -0.15) is 0 Å². The second kappa shape index (κ2) is 8.09. The van der Waals surface area contributed by atoms with E-state index in [1.54, 1.807) is 11.3 Å². The monoisotopic (exact) mass is 535 g/mol. The molecule has 1 saturated heterocycles. The fraction of sp³-hybridized carbons (Fsp3) is 0.379. The summed E-state index contributed by atoms with van der Waals surface area (Å²) in [6.45, 7) is 7.98. The predicted octanol–water partition coefficient (Wildman–Crippen LogP) is 7.35. The highest BCUT2D eigenvalue weighted by atomic mass is 35.5. The first-order valence-corrected chi connectivity index (χ1v) is 14.0. The van der Waals surface area contributed by atoms with Crippen LogP contribution in [0.4, 0.5) is 4.39 Å². The van der Waals surface area contributed by atoms with E-state index < -0.39 is 24.5 Å². The number of rotatable bonds is 4. The molecule has 0 amide bonds. The van der Waals surface area contributed by atoms with E-state index in [2.05, 4.69) is 16.7 Å². The van der Waals surface area contributed by atoms with Crippen molar-refractivity contribution in [1.82, 2.24) is 4.57 Å². The van der Waals surface area contributed by atoms with Crippen molar-refractivity contribution >= 4 is 46.4 Å². The predicted molar refractivity (Wildman–Crippen MR) is 148 cm³/mol. The first kappa shape index (κ1) is 23.8. The summed E-state index contributed by atoms with van der Waals surface area (Å²) in [4.78, 5) is 2.46. The Labute approximate surface area is 225 Å². The molecule has 2 fully saturated rings. The lowest BCUT2D eigenvalue weighted by Crippen LogP contribution is -2.41. The Kier molecular flexibility index (Phi) is 5.20. The SMILES string of the molecule is CC1(C)OB(c2cc(F)c3c(c2)OC(c2ccc(CC4CC4)s2)n2c-3cc3cc(Cl)ccc32)OC1(C)C. The molecule has 0 N–H and O–H groups in total. The average Bonchev–Trinajstić information content (AvgIpc) is 3.29. The van der Waals surface area contributed by atoms with Gasteiger partial charge in [0.2, 0.25) is 6.23 Å². The average molecular weight is 536 g/mol. The van der Waals surface area contributed by atoms with Crippen molar-refractivity contribution in [3.8, 4) is 17.0 Å². The van der Waals surface area contributed by atoms with Crippen molar-refractivity contribution in [3.63, 3.8) is 0 Å². The number of hydrogen-bond acceptors (Lipinski definition) is 4. The Morgan fingerprint density at radius 2 is 1.78 bits per heavy atom. The highest BCUT2D eigenvalue weighted by molar-refractivity contribution is 7.12. The maximum absolute atomic E-state index is 15.9. The van der Waals surface area contributed by atoms with Crippen LogP contribution in [-0.2, 0) is 15.7 Å². The molecule has 1 atom stereocenters. The summed E-state index contributed by atoms with van der Waals surface area (Å²) >= 11 is 8.10. The molecule has 1 unspecified atom stereocenters. The van der Waals surface area contributed by atoms with E-state index in [4.69, 9.17) is 25.6 Å². The number of hydrogen-bond donors (Lipinski definition) is 0. The van der Waals surface area contributed by atoms with Gasteiger partial charge in [0.15, 0.2) is 0 Å². The van der Waals surface area contributed by atoms with Crippen molar-refractivity contribution in [2.75, 3.05) is 0 Å². The van der Waals surface area contributed by atoms with Crippen LogP contribution in [0, 0.1) is 11.7 Å². The minimum atomic E-state index is -0.676. The van der Waals surface area contributed by atoms with Gasteiger partial charge in [0.05, 0.1) is 32.9 Å². The Hall–Kier alpha value is -2.32. The molecule has 1 saturated carbocycles. The molecule has 2 aromatic carbocycles. The molecule has 0 radical (unpaired) electrons. The lowest BCUT2D eigenvalue weighted by molar-refractivity contribution is 0.00578. The molecular weight excluding hydrogens is 508 g/mol. The standard InChI is InChI=1S/C29H28BClFNO3S/c1-28(2)29(3,4)36-30(35-28)18-14-21(32)26-23-13-17-12-19(31)7-9-22(17)33(23)27(34-24(26)15-18)25-10-8-20(37-25)11-16-5-6-16/h7-10,12-16,27H,5-6,11H2,1-4H3. The summed E-state index contributed by atoms with van der Waals surface area (Å²) in [5.74, 6) is 0.936. The number of aromatic nitrogens is 1. The Morgan fingerprint density at radius 1 is 1.03 bits per heavy atom. The van der Waals surface area contributed by atoms with Crippen LogP contribution < -0.4 is 10.2 Å². The van der Waals surface area contributed by atoms with Crippen LogP contribution in [-0.4, -0.2) is 22.9 Å². The molecule has 4 aromatic rings. The number of benzene rings is 2. The minimum absolute atomic E-state index is 0.364. The van der Waals surface area contributed by atoms with Crippen molar-refractivity contribution in [3.05, 3.63) is 69.1 Å². The van der Waals surface area contributed by atoms with Gasteiger partial charge in [0, 0.05) is 15.3 Å². The molecular formula is C29H28BClFNO3S. The highest BCUT2D eigenvalue weighted by Gasteiger charge is 2.52. The molecule has 3 aliphatic rings. The Balaban J connectivity index is 1.36. The zero-order valence-corrected chi connectivity index (χ0v) is 22.9. The third-order valence-corrected chi connectivity index (χ3v) is 9.62. The summed E-state index contributed by atoms with van der Waals surface area (Å²) in [6, 6.07) is 15.5. The third-order valence-electron chi connectivity index (χ3n) is 8.24. The van der Waals surface area contributed by atoms with Crippen LogP contribution in [0.5, 0.6) is 5.75 Å². The number of halogens is 2. The van der Waals surface area contributed by atoms with Gasteiger partial charge in [-0.25, -0.2) is 4.39 Å². The smallest absolute Gasteiger partial charge is 0.464 e. The molecule has 7 rings (SSSR count). The molecule has 4 nitrogen and oxygen atoms in total. The van der Waals surface area contributed by atoms with E-state index in [1.165, 1.54) is 23.8 Å². The second-order valence-electron chi connectivity index (χ2n) is 11.5.